The van der Waals surface area contributed by atoms with E-state index >= 15 is 0 Å². The van der Waals surface area contributed by atoms with Crippen LogP contribution in [0.1, 0.15) is 58.4 Å². The van der Waals surface area contributed by atoms with Crippen LogP contribution in [0.5, 0.6) is 0 Å². The van der Waals surface area contributed by atoms with Gasteiger partial charge in [-0.25, -0.2) is 17.9 Å². The van der Waals surface area contributed by atoms with Gasteiger partial charge in [-0.05, 0) is 76.5 Å². The molecule has 3 aliphatic rings. The lowest BCUT2D eigenvalue weighted by molar-refractivity contribution is 0.182. The molecule has 0 spiro atoms. The molecule has 2 unspecified atom stereocenters. The van der Waals surface area contributed by atoms with E-state index in [0.717, 1.165) is 25.7 Å². The zero-order valence-corrected chi connectivity index (χ0v) is 19.8. The number of fused-ring (bicyclic) bond motifs is 1. The first kappa shape index (κ1) is 22.2. The lowest BCUT2D eigenvalue weighted by atomic mass is 9.98. The second-order valence-electron chi connectivity index (χ2n) is 10.2. The summed E-state index contributed by atoms with van der Waals surface area (Å²) in [6, 6.07) is 4.08. The van der Waals surface area contributed by atoms with Gasteiger partial charge in [0.15, 0.2) is 6.19 Å². The van der Waals surface area contributed by atoms with E-state index in [1.165, 1.54) is 16.7 Å². The Labute approximate surface area is 192 Å². The maximum absolute atomic E-state index is 13.6. The molecule has 1 N–H and O–H groups in total. The average Bonchev–Trinajstić information content (AvgIpc) is 3.70. The summed E-state index contributed by atoms with van der Waals surface area (Å²) in [5.41, 5.74) is -0.753. The van der Waals surface area contributed by atoms with Crippen molar-refractivity contribution in [2.24, 2.45) is 5.92 Å². The fourth-order valence-corrected chi connectivity index (χ4v) is 6.29. The van der Waals surface area contributed by atoms with E-state index in [1.807, 2.05) is 13.8 Å². The predicted molar refractivity (Wildman–Crippen MR) is 123 cm³/mol. The van der Waals surface area contributed by atoms with Gasteiger partial charge in [-0.15, -0.1) is 0 Å². The van der Waals surface area contributed by atoms with Gasteiger partial charge in [0.25, 0.3) is 5.56 Å². The first-order valence-corrected chi connectivity index (χ1v) is 13.1. The highest BCUT2D eigenvalue weighted by molar-refractivity contribution is 7.89. The monoisotopic (exact) mass is 471 g/mol. The van der Waals surface area contributed by atoms with E-state index in [4.69, 9.17) is 0 Å². The predicted octanol–water partition coefficient (Wildman–Crippen LogP) is 1.91. The van der Waals surface area contributed by atoms with Crippen molar-refractivity contribution < 1.29 is 8.42 Å². The van der Waals surface area contributed by atoms with Gasteiger partial charge in [-0.2, -0.15) is 5.26 Å². The molecule has 2 heterocycles. The summed E-state index contributed by atoms with van der Waals surface area (Å²) in [5, 5.41) is 9.53. The van der Waals surface area contributed by atoms with Crippen molar-refractivity contribution in [2.45, 2.75) is 81.4 Å². The van der Waals surface area contributed by atoms with Crippen molar-refractivity contribution in [3.8, 4) is 6.19 Å². The van der Waals surface area contributed by atoms with Crippen LogP contribution >= 0.6 is 0 Å². The molecule has 0 bridgehead atoms. The normalized spacial score (nSPS) is 24.6. The van der Waals surface area contributed by atoms with E-state index < -0.39 is 21.1 Å². The minimum Gasteiger partial charge on any atom is -0.308 e. The van der Waals surface area contributed by atoms with E-state index in [0.29, 0.717) is 37.4 Å². The van der Waals surface area contributed by atoms with Gasteiger partial charge in [-0.1, -0.05) is 0 Å². The molecule has 2 atom stereocenters. The Kier molecular flexibility index (Phi) is 5.18. The van der Waals surface area contributed by atoms with E-state index in [-0.39, 0.29) is 28.1 Å². The van der Waals surface area contributed by atoms with Crippen LogP contribution in [0.3, 0.4) is 0 Å². The van der Waals surface area contributed by atoms with Crippen molar-refractivity contribution in [3.05, 3.63) is 39.0 Å². The maximum atomic E-state index is 13.6. The van der Waals surface area contributed by atoms with E-state index in [1.54, 1.807) is 15.5 Å². The molecule has 9 nitrogen and oxygen atoms in total. The highest BCUT2D eigenvalue weighted by atomic mass is 32.2. The Balaban J connectivity index is 1.64. The van der Waals surface area contributed by atoms with Crippen LogP contribution in [0.15, 0.2) is 32.7 Å². The standard InChI is InChI=1S/C23H29N5O4S/c1-15-11-17(7-10-26(15)14-24)28-21(29)19-12-18(33(31,32)25-23(2)8-9-23)5-6-20(19)27(22(28)30)13-16-3-4-16/h5-6,12,15-17,25H,3-4,7-11,13H2,1-2H3. The van der Waals surface area contributed by atoms with Crippen LogP contribution in [0.2, 0.25) is 0 Å². The van der Waals surface area contributed by atoms with Crippen LogP contribution in [0, 0.1) is 17.4 Å². The van der Waals surface area contributed by atoms with Crippen molar-refractivity contribution in [3.63, 3.8) is 0 Å². The topological polar surface area (TPSA) is 117 Å². The number of aromatic nitrogens is 2. The second kappa shape index (κ2) is 7.71. The summed E-state index contributed by atoms with van der Waals surface area (Å²) in [4.78, 5) is 28.8. The summed E-state index contributed by atoms with van der Waals surface area (Å²) in [6.07, 6.45) is 6.84. The minimum atomic E-state index is -3.78. The zero-order valence-electron chi connectivity index (χ0n) is 19.0. The van der Waals surface area contributed by atoms with Gasteiger partial charge in [0, 0.05) is 30.7 Å². The summed E-state index contributed by atoms with van der Waals surface area (Å²) in [7, 11) is -3.78. The molecule has 2 aromatic rings. The van der Waals surface area contributed by atoms with Gasteiger partial charge in [-0.3, -0.25) is 13.9 Å². The quantitative estimate of drug-likeness (QED) is 0.643. The van der Waals surface area contributed by atoms with Crippen LogP contribution < -0.4 is 16.0 Å². The van der Waals surface area contributed by atoms with Crippen molar-refractivity contribution >= 4 is 20.9 Å². The molecule has 0 amide bonds. The maximum Gasteiger partial charge on any atom is 0.331 e. The van der Waals surface area contributed by atoms with Crippen molar-refractivity contribution in [1.82, 2.24) is 18.8 Å². The van der Waals surface area contributed by atoms with Crippen LogP contribution in [0.4, 0.5) is 0 Å². The summed E-state index contributed by atoms with van der Waals surface area (Å²) in [6.45, 7) is 4.77. The lowest BCUT2D eigenvalue weighted by Gasteiger charge is -2.34. The molecule has 176 valence electrons. The van der Waals surface area contributed by atoms with Crippen LogP contribution in [-0.2, 0) is 16.6 Å². The summed E-state index contributed by atoms with van der Waals surface area (Å²) < 4.78 is 31.6. The molecule has 0 radical (unpaired) electrons. The number of piperidine rings is 1. The fraction of sp³-hybridized carbons (Fsp3) is 0.609. The van der Waals surface area contributed by atoms with Crippen LogP contribution in [-0.4, -0.2) is 40.6 Å². The number of hydrogen-bond donors (Lipinski definition) is 1. The molecule has 5 rings (SSSR count). The third-order valence-electron chi connectivity index (χ3n) is 7.32. The SMILES string of the molecule is CC1CC(n2c(=O)c3cc(S(=O)(=O)NC4(C)CC4)ccc3n(CC3CC3)c2=O)CCN1C#N. The highest BCUT2D eigenvalue weighted by Gasteiger charge is 2.41. The highest BCUT2D eigenvalue weighted by Crippen LogP contribution is 2.36. The van der Waals surface area contributed by atoms with Gasteiger partial charge >= 0.3 is 5.69 Å². The molecule has 1 aromatic carbocycles. The molecule has 1 aliphatic heterocycles. The van der Waals surface area contributed by atoms with E-state index in [9.17, 15) is 23.3 Å². The first-order chi connectivity index (χ1) is 15.6. The second-order valence-corrected chi connectivity index (χ2v) is 11.9. The Bertz CT molecular complexity index is 1380. The average molecular weight is 472 g/mol. The van der Waals surface area contributed by atoms with Gasteiger partial charge < -0.3 is 4.90 Å². The number of nitrogens with one attached hydrogen (secondary N) is 1. The van der Waals surface area contributed by atoms with Gasteiger partial charge in [0.05, 0.1) is 15.8 Å². The molecule has 33 heavy (non-hydrogen) atoms. The van der Waals surface area contributed by atoms with Gasteiger partial charge in [0.1, 0.15) is 0 Å². The molecular formula is C23H29N5O4S. The lowest BCUT2D eigenvalue weighted by Crippen LogP contribution is -2.47. The Hall–Kier alpha value is -2.64. The number of likely N-dealkylation sites (tertiary alicyclic amines) is 1. The largest absolute Gasteiger partial charge is 0.331 e. The smallest absolute Gasteiger partial charge is 0.308 e. The van der Waals surface area contributed by atoms with Crippen molar-refractivity contribution in [2.75, 3.05) is 6.54 Å². The Morgan fingerprint density at radius 1 is 1.21 bits per heavy atom. The molecule has 2 aliphatic carbocycles. The number of nitrogens with zero attached hydrogens (tertiary/aromatic N) is 4. The fourth-order valence-electron chi connectivity index (χ4n) is 4.80. The molecule has 2 saturated carbocycles. The number of nitriles is 1. The van der Waals surface area contributed by atoms with E-state index in [2.05, 4.69) is 10.9 Å². The third-order valence-corrected chi connectivity index (χ3v) is 8.95. The first-order valence-electron chi connectivity index (χ1n) is 11.6. The Morgan fingerprint density at radius 3 is 2.55 bits per heavy atom. The number of sulfonamides is 1. The van der Waals surface area contributed by atoms with Crippen LogP contribution in [0.25, 0.3) is 10.9 Å². The summed E-state index contributed by atoms with van der Waals surface area (Å²) >= 11 is 0. The molecule has 10 heteroatoms. The minimum absolute atomic E-state index is 0.0380. The zero-order chi connectivity index (χ0) is 23.5. The Morgan fingerprint density at radius 2 is 1.94 bits per heavy atom. The molecule has 1 aromatic heterocycles. The molecule has 1 saturated heterocycles. The number of rotatable bonds is 6. The van der Waals surface area contributed by atoms with Gasteiger partial charge in [0.2, 0.25) is 10.0 Å². The molecular weight excluding hydrogens is 442 g/mol. The number of benzene rings is 1. The number of hydrogen-bond acceptors (Lipinski definition) is 6. The summed E-state index contributed by atoms with van der Waals surface area (Å²) in [5.74, 6) is 0.399. The third kappa shape index (κ3) is 4.08. The van der Waals surface area contributed by atoms with Crippen molar-refractivity contribution in [1.29, 1.82) is 5.26 Å². The molecule has 3 fully saturated rings.